The van der Waals surface area contributed by atoms with E-state index in [0.29, 0.717) is 0 Å². The Hall–Kier alpha value is -2.35. The van der Waals surface area contributed by atoms with Crippen molar-refractivity contribution >= 4 is 5.91 Å². The number of nitrogens with two attached hydrogens (primary N) is 1. The van der Waals surface area contributed by atoms with Crippen LogP contribution in [-0.2, 0) is 6.18 Å². The molecular formula is C12H11F3N4O. The van der Waals surface area contributed by atoms with Crippen LogP contribution >= 0.6 is 0 Å². The van der Waals surface area contributed by atoms with Gasteiger partial charge in [0.1, 0.15) is 0 Å². The molecule has 2 aromatic rings. The zero-order valence-corrected chi connectivity index (χ0v) is 10.4. The van der Waals surface area contributed by atoms with Gasteiger partial charge in [-0.05, 0) is 19.1 Å². The number of para-hydroxylation sites is 1. The first-order valence-electron chi connectivity index (χ1n) is 5.58. The van der Waals surface area contributed by atoms with E-state index in [1.807, 2.05) is 5.43 Å². The normalized spacial score (nSPS) is 11.4. The van der Waals surface area contributed by atoms with Gasteiger partial charge in [-0.3, -0.25) is 10.2 Å². The zero-order chi connectivity index (χ0) is 14.9. The van der Waals surface area contributed by atoms with E-state index in [1.54, 1.807) is 0 Å². The van der Waals surface area contributed by atoms with Gasteiger partial charge in [0.05, 0.1) is 28.7 Å². The van der Waals surface area contributed by atoms with Crippen molar-refractivity contribution in [3.8, 4) is 5.69 Å². The van der Waals surface area contributed by atoms with E-state index in [2.05, 4.69) is 5.10 Å². The Labute approximate surface area is 112 Å². The van der Waals surface area contributed by atoms with Gasteiger partial charge in [0.15, 0.2) is 0 Å². The number of halogens is 3. The molecule has 0 fully saturated rings. The Balaban J connectivity index is 2.59. The number of nitrogens with zero attached hydrogens (tertiary/aromatic N) is 2. The molecule has 2 rings (SSSR count). The second-order valence-electron chi connectivity index (χ2n) is 4.04. The standard InChI is InChI=1S/C12H11F3N4O/c1-7-8(11(20)18-16)6-17-19(7)10-5-3-2-4-9(10)12(13,14)15/h2-6H,16H2,1H3,(H,18,20). The summed E-state index contributed by atoms with van der Waals surface area (Å²) in [7, 11) is 0. The number of nitrogens with one attached hydrogen (secondary N) is 1. The number of aromatic nitrogens is 2. The summed E-state index contributed by atoms with van der Waals surface area (Å²) >= 11 is 0. The number of benzene rings is 1. The van der Waals surface area contributed by atoms with Crippen molar-refractivity contribution in [2.24, 2.45) is 5.84 Å². The van der Waals surface area contributed by atoms with Gasteiger partial charge in [0.25, 0.3) is 5.91 Å². The fourth-order valence-electron chi connectivity index (χ4n) is 1.85. The summed E-state index contributed by atoms with van der Waals surface area (Å²) in [6.07, 6.45) is -3.34. The number of hydrogen-bond acceptors (Lipinski definition) is 3. The Morgan fingerprint density at radius 1 is 1.35 bits per heavy atom. The third-order valence-electron chi connectivity index (χ3n) is 2.82. The zero-order valence-electron chi connectivity index (χ0n) is 10.4. The van der Waals surface area contributed by atoms with Gasteiger partial charge in [0, 0.05) is 0 Å². The molecule has 0 saturated heterocycles. The van der Waals surface area contributed by atoms with Gasteiger partial charge >= 0.3 is 6.18 Å². The van der Waals surface area contributed by atoms with Crippen molar-refractivity contribution in [1.29, 1.82) is 0 Å². The van der Waals surface area contributed by atoms with Gasteiger partial charge in [-0.25, -0.2) is 10.5 Å². The van der Waals surface area contributed by atoms with Gasteiger partial charge < -0.3 is 0 Å². The summed E-state index contributed by atoms with van der Waals surface area (Å²) in [6, 6.07) is 5.00. The first-order chi connectivity index (χ1) is 9.36. The molecule has 1 amide bonds. The molecule has 8 heteroatoms. The van der Waals surface area contributed by atoms with Crippen LogP contribution < -0.4 is 11.3 Å². The molecule has 20 heavy (non-hydrogen) atoms. The smallest absolute Gasteiger partial charge is 0.290 e. The molecular weight excluding hydrogens is 273 g/mol. The minimum atomic E-state index is -4.51. The summed E-state index contributed by atoms with van der Waals surface area (Å²) in [5.41, 5.74) is 1.33. The van der Waals surface area contributed by atoms with Crippen molar-refractivity contribution in [3.63, 3.8) is 0 Å². The van der Waals surface area contributed by atoms with E-state index in [-0.39, 0.29) is 16.9 Å². The van der Waals surface area contributed by atoms with Crippen molar-refractivity contribution < 1.29 is 18.0 Å². The number of amides is 1. The van der Waals surface area contributed by atoms with E-state index in [0.717, 1.165) is 10.7 Å². The summed E-state index contributed by atoms with van der Waals surface area (Å²) in [5.74, 6) is 4.39. The van der Waals surface area contributed by atoms with Crippen LogP contribution in [-0.4, -0.2) is 15.7 Å². The van der Waals surface area contributed by atoms with Crippen LogP contribution in [0.4, 0.5) is 13.2 Å². The number of nitrogen functional groups attached to an aromatic ring is 1. The highest BCUT2D eigenvalue weighted by atomic mass is 19.4. The topological polar surface area (TPSA) is 72.9 Å². The fraction of sp³-hybridized carbons (Fsp3) is 0.167. The lowest BCUT2D eigenvalue weighted by Crippen LogP contribution is -2.30. The third-order valence-corrected chi connectivity index (χ3v) is 2.82. The van der Waals surface area contributed by atoms with Crippen LogP contribution in [0.2, 0.25) is 0 Å². The molecule has 0 bridgehead atoms. The molecule has 1 heterocycles. The maximum atomic E-state index is 13.0. The van der Waals surface area contributed by atoms with Crippen LogP contribution in [0.15, 0.2) is 30.5 Å². The summed E-state index contributed by atoms with van der Waals surface area (Å²) in [6.45, 7) is 1.49. The molecule has 1 aromatic heterocycles. The third kappa shape index (κ3) is 2.37. The van der Waals surface area contributed by atoms with Crippen molar-refractivity contribution in [2.45, 2.75) is 13.1 Å². The van der Waals surface area contributed by atoms with Gasteiger partial charge in [-0.15, -0.1) is 0 Å². The first-order valence-corrected chi connectivity index (χ1v) is 5.58. The lowest BCUT2D eigenvalue weighted by Gasteiger charge is -2.13. The minimum absolute atomic E-state index is 0.115. The van der Waals surface area contributed by atoms with Gasteiger partial charge in [-0.1, -0.05) is 12.1 Å². The van der Waals surface area contributed by atoms with Crippen LogP contribution in [0, 0.1) is 6.92 Å². The number of alkyl halides is 3. The highest BCUT2D eigenvalue weighted by Crippen LogP contribution is 2.34. The quantitative estimate of drug-likeness (QED) is 0.502. The van der Waals surface area contributed by atoms with Crippen LogP contribution in [0.1, 0.15) is 21.6 Å². The maximum Gasteiger partial charge on any atom is 0.418 e. The second kappa shape index (κ2) is 4.97. The van der Waals surface area contributed by atoms with Crippen molar-refractivity contribution in [2.75, 3.05) is 0 Å². The summed E-state index contributed by atoms with van der Waals surface area (Å²) in [4.78, 5) is 11.4. The molecule has 3 N–H and O–H groups in total. The average Bonchev–Trinajstić information content (AvgIpc) is 2.78. The van der Waals surface area contributed by atoms with Crippen LogP contribution in [0.3, 0.4) is 0 Å². The lowest BCUT2D eigenvalue weighted by atomic mass is 10.1. The molecule has 1 aromatic carbocycles. The molecule has 0 aliphatic carbocycles. The second-order valence-corrected chi connectivity index (χ2v) is 4.04. The molecule has 0 unspecified atom stereocenters. The van der Waals surface area contributed by atoms with Crippen molar-refractivity contribution in [3.05, 3.63) is 47.3 Å². The number of hydrogen-bond donors (Lipinski definition) is 2. The SMILES string of the molecule is Cc1c(C(=O)NN)cnn1-c1ccccc1C(F)(F)F. The predicted octanol–water partition coefficient (Wildman–Crippen LogP) is 1.80. The maximum absolute atomic E-state index is 13.0. The predicted molar refractivity (Wildman–Crippen MR) is 65.0 cm³/mol. The van der Waals surface area contributed by atoms with Gasteiger partial charge in [-0.2, -0.15) is 18.3 Å². The Morgan fingerprint density at radius 3 is 2.60 bits per heavy atom. The molecule has 5 nitrogen and oxygen atoms in total. The monoisotopic (exact) mass is 284 g/mol. The van der Waals surface area contributed by atoms with Crippen molar-refractivity contribution in [1.82, 2.24) is 15.2 Å². The molecule has 106 valence electrons. The van der Waals surface area contributed by atoms with E-state index < -0.39 is 17.6 Å². The van der Waals surface area contributed by atoms with E-state index in [9.17, 15) is 18.0 Å². The van der Waals surface area contributed by atoms with E-state index in [4.69, 9.17) is 5.84 Å². The Morgan fingerprint density at radius 2 is 2.00 bits per heavy atom. The fourth-order valence-corrected chi connectivity index (χ4v) is 1.85. The first kappa shape index (κ1) is 14.1. The molecule has 0 radical (unpaired) electrons. The lowest BCUT2D eigenvalue weighted by molar-refractivity contribution is -0.137. The Bertz CT molecular complexity index is 648. The Kier molecular flexibility index (Phi) is 3.49. The van der Waals surface area contributed by atoms with Crippen LogP contribution in [0.25, 0.3) is 5.69 Å². The largest absolute Gasteiger partial charge is 0.418 e. The molecule has 0 aliphatic heterocycles. The van der Waals surface area contributed by atoms with E-state index in [1.165, 1.54) is 31.3 Å². The highest BCUT2D eigenvalue weighted by Gasteiger charge is 2.34. The number of rotatable bonds is 2. The van der Waals surface area contributed by atoms with Gasteiger partial charge in [0.2, 0.25) is 0 Å². The number of carbonyl (C=O) groups is 1. The molecule has 0 aliphatic rings. The molecule has 0 saturated carbocycles. The summed E-state index contributed by atoms with van der Waals surface area (Å²) < 4.78 is 39.9. The number of hydrazine groups is 1. The van der Waals surface area contributed by atoms with E-state index >= 15 is 0 Å². The summed E-state index contributed by atoms with van der Waals surface area (Å²) in [5, 5.41) is 3.83. The van der Waals surface area contributed by atoms with Crippen LogP contribution in [0.5, 0.6) is 0 Å². The minimum Gasteiger partial charge on any atom is -0.290 e. The number of carbonyl (C=O) groups excluding carboxylic acids is 1. The molecule has 0 spiro atoms. The highest BCUT2D eigenvalue weighted by molar-refractivity contribution is 5.94. The average molecular weight is 284 g/mol. The molecule has 0 atom stereocenters.